The van der Waals surface area contributed by atoms with Gasteiger partial charge in [0, 0.05) is 12.6 Å². The summed E-state index contributed by atoms with van der Waals surface area (Å²) in [5.74, 6) is 0.933. The summed E-state index contributed by atoms with van der Waals surface area (Å²) in [7, 11) is 0. The van der Waals surface area contributed by atoms with E-state index in [0.29, 0.717) is 11.5 Å². The van der Waals surface area contributed by atoms with Crippen LogP contribution in [-0.4, -0.2) is 30.6 Å². The van der Waals surface area contributed by atoms with Crippen molar-refractivity contribution in [1.29, 1.82) is 0 Å². The first-order valence-corrected chi connectivity index (χ1v) is 7.38. The van der Waals surface area contributed by atoms with Crippen molar-refractivity contribution in [1.82, 2.24) is 4.90 Å². The molecule has 17 heavy (non-hydrogen) atoms. The van der Waals surface area contributed by atoms with Crippen LogP contribution in [0.3, 0.4) is 0 Å². The van der Waals surface area contributed by atoms with E-state index in [1.807, 2.05) is 0 Å². The fraction of sp³-hybridized carbons (Fsp3) is 1.00. The van der Waals surface area contributed by atoms with Crippen molar-refractivity contribution in [2.45, 2.75) is 65.8 Å². The van der Waals surface area contributed by atoms with Gasteiger partial charge in [0.1, 0.15) is 0 Å². The zero-order chi connectivity index (χ0) is 12.9. The Labute approximate surface area is 108 Å². The highest BCUT2D eigenvalue weighted by molar-refractivity contribution is 4.76. The maximum atomic E-state index is 6.22. The molecule has 0 aromatic rings. The van der Waals surface area contributed by atoms with Crippen LogP contribution >= 0.6 is 0 Å². The summed E-state index contributed by atoms with van der Waals surface area (Å²) in [6.07, 6.45) is 6.45. The second-order valence-electron chi connectivity index (χ2n) is 7.03. The summed E-state index contributed by atoms with van der Waals surface area (Å²) in [6.45, 7) is 13.0. The Kier molecular flexibility index (Phi) is 5.94. The molecule has 2 N–H and O–H groups in total. The Balaban J connectivity index is 2.21. The molecule has 0 spiro atoms. The van der Waals surface area contributed by atoms with Gasteiger partial charge < -0.3 is 10.6 Å². The van der Waals surface area contributed by atoms with Gasteiger partial charge in [-0.3, -0.25) is 0 Å². The second-order valence-corrected chi connectivity index (χ2v) is 7.03. The van der Waals surface area contributed by atoms with E-state index in [0.717, 1.165) is 18.8 Å². The molecule has 2 nitrogen and oxygen atoms in total. The highest BCUT2D eigenvalue weighted by Gasteiger charge is 2.20. The van der Waals surface area contributed by atoms with E-state index in [1.165, 1.54) is 38.9 Å². The molecule has 1 fully saturated rings. The number of nitrogens with two attached hydrogens (primary N) is 1. The highest BCUT2D eigenvalue weighted by atomic mass is 15.1. The molecule has 2 heteroatoms. The smallest absolute Gasteiger partial charge is 0.00559 e. The molecule has 0 aliphatic carbocycles. The van der Waals surface area contributed by atoms with Gasteiger partial charge in [-0.05, 0) is 50.1 Å². The lowest BCUT2D eigenvalue weighted by molar-refractivity contribution is 0.163. The third-order valence-corrected chi connectivity index (χ3v) is 3.87. The number of nitrogens with zero attached hydrogens (tertiary/aromatic N) is 1. The monoisotopic (exact) mass is 240 g/mol. The number of hydrogen-bond acceptors (Lipinski definition) is 2. The van der Waals surface area contributed by atoms with Gasteiger partial charge >= 0.3 is 0 Å². The predicted molar refractivity (Wildman–Crippen MR) is 76.1 cm³/mol. The molecule has 1 rings (SSSR count). The Hall–Kier alpha value is -0.0800. The molecule has 2 atom stereocenters. The van der Waals surface area contributed by atoms with Crippen molar-refractivity contribution in [3.63, 3.8) is 0 Å². The largest absolute Gasteiger partial charge is 0.328 e. The molecule has 1 heterocycles. The molecule has 0 aromatic carbocycles. The quantitative estimate of drug-likeness (QED) is 0.799. The molecule has 1 aliphatic heterocycles. The van der Waals surface area contributed by atoms with Gasteiger partial charge in [-0.15, -0.1) is 0 Å². The molecule has 0 bridgehead atoms. The van der Waals surface area contributed by atoms with Crippen molar-refractivity contribution >= 4 is 0 Å². The van der Waals surface area contributed by atoms with Crippen LogP contribution in [0.4, 0.5) is 0 Å². The Morgan fingerprint density at radius 2 is 2.06 bits per heavy atom. The van der Waals surface area contributed by atoms with E-state index < -0.39 is 0 Å². The average Bonchev–Trinajstić information content (AvgIpc) is 2.24. The molecular formula is C15H32N2. The summed E-state index contributed by atoms with van der Waals surface area (Å²) in [4.78, 5) is 2.63. The third kappa shape index (κ3) is 6.42. The lowest BCUT2D eigenvalue weighted by Crippen LogP contribution is -2.38. The molecule has 2 unspecified atom stereocenters. The first-order valence-electron chi connectivity index (χ1n) is 7.38. The van der Waals surface area contributed by atoms with Crippen molar-refractivity contribution in [2.24, 2.45) is 17.1 Å². The molecule has 0 radical (unpaired) electrons. The number of piperidine rings is 1. The van der Waals surface area contributed by atoms with Gasteiger partial charge in [-0.2, -0.15) is 0 Å². The number of hydrogen-bond donors (Lipinski definition) is 1. The van der Waals surface area contributed by atoms with Crippen molar-refractivity contribution in [3.05, 3.63) is 0 Å². The Morgan fingerprint density at radius 1 is 1.35 bits per heavy atom. The minimum Gasteiger partial charge on any atom is -0.328 e. The first kappa shape index (κ1) is 15.0. The van der Waals surface area contributed by atoms with Crippen LogP contribution in [0.15, 0.2) is 0 Å². The first-order chi connectivity index (χ1) is 7.90. The van der Waals surface area contributed by atoms with Crippen molar-refractivity contribution < 1.29 is 0 Å². The summed E-state index contributed by atoms with van der Waals surface area (Å²) < 4.78 is 0. The lowest BCUT2D eigenvalue weighted by Gasteiger charge is -2.33. The molecule has 0 saturated carbocycles. The van der Waals surface area contributed by atoms with Gasteiger partial charge in [0.25, 0.3) is 0 Å². The van der Waals surface area contributed by atoms with Crippen LogP contribution in [0.1, 0.15) is 59.8 Å². The van der Waals surface area contributed by atoms with E-state index >= 15 is 0 Å². The molecule has 1 saturated heterocycles. The van der Waals surface area contributed by atoms with Crippen molar-refractivity contribution in [3.8, 4) is 0 Å². The highest BCUT2D eigenvalue weighted by Crippen LogP contribution is 2.22. The van der Waals surface area contributed by atoms with E-state index in [1.54, 1.807) is 0 Å². The minimum atomic E-state index is 0.368. The number of rotatable bonds is 5. The maximum Gasteiger partial charge on any atom is 0.00559 e. The number of likely N-dealkylation sites (tertiary alicyclic amines) is 1. The maximum absolute atomic E-state index is 6.22. The van der Waals surface area contributed by atoms with Gasteiger partial charge in [0.05, 0.1) is 0 Å². The summed E-state index contributed by atoms with van der Waals surface area (Å²) in [5, 5.41) is 0. The van der Waals surface area contributed by atoms with Gasteiger partial charge in [0.2, 0.25) is 0 Å². The topological polar surface area (TPSA) is 29.3 Å². The zero-order valence-corrected chi connectivity index (χ0v) is 12.3. The molecule has 102 valence electrons. The predicted octanol–water partition coefficient (Wildman–Crippen LogP) is 3.26. The fourth-order valence-corrected chi connectivity index (χ4v) is 2.92. The van der Waals surface area contributed by atoms with Gasteiger partial charge in [-0.1, -0.05) is 34.1 Å². The normalized spacial score (nSPS) is 24.9. The van der Waals surface area contributed by atoms with Crippen LogP contribution in [-0.2, 0) is 0 Å². The third-order valence-electron chi connectivity index (χ3n) is 3.87. The standard InChI is InChI=1S/C15H32N2/c1-5-13-7-6-9-17(12-13)10-8-14(16)11-15(2,3)4/h13-14H,5-12,16H2,1-4H3. The van der Waals surface area contributed by atoms with E-state index in [9.17, 15) is 0 Å². The SMILES string of the molecule is CCC1CCCN(CCC(N)CC(C)(C)C)C1. The van der Waals surface area contributed by atoms with Gasteiger partial charge in [0.15, 0.2) is 0 Å². The minimum absolute atomic E-state index is 0.368. The van der Waals surface area contributed by atoms with E-state index in [2.05, 4.69) is 32.6 Å². The van der Waals surface area contributed by atoms with E-state index in [4.69, 9.17) is 5.73 Å². The Bertz CT molecular complexity index is 207. The molecule has 0 aromatic heterocycles. The van der Waals surface area contributed by atoms with Crippen LogP contribution in [0.5, 0.6) is 0 Å². The van der Waals surface area contributed by atoms with Crippen LogP contribution in [0.2, 0.25) is 0 Å². The summed E-state index contributed by atoms with van der Waals surface area (Å²) in [6, 6.07) is 0.372. The van der Waals surface area contributed by atoms with Crippen LogP contribution in [0, 0.1) is 11.3 Å². The molecule has 1 aliphatic rings. The Morgan fingerprint density at radius 3 is 2.65 bits per heavy atom. The fourth-order valence-electron chi connectivity index (χ4n) is 2.92. The summed E-state index contributed by atoms with van der Waals surface area (Å²) >= 11 is 0. The van der Waals surface area contributed by atoms with Gasteiger partial charge in [-0.25, -0.2) is 0 Å². The van der Waals surface area contributed by atoms with E-state index in [-0.39, 0.29) is 0 Å². The summed E-state index contributed by atoms with van der Waals surface area (Å²) in [5.41, 5.74) is 6.59. The second kappa shape index (κ2) is 6.75. The van der Waals surface area contributed by atoms with Crippen molar-refractivity contribution in [2.75, 3.05) is 19.6 Å². The molecular weight excluding hydrogens is 208 g/mol. The van der Waals surface area contributed by atoms with Crippen LogP contribution in [0.25, 0.3) is 0 Å². The average molecular weight is 240 g/mol. The lowest BCUT2D eigenvalue weighted by atomic mass is 9.87. The van der Waals surface area contributed by atoms with Crippen LogP contribution < -0.4 is 5.73 Å². The molecule has 0 amide bonds. The zero-order valence-electron chi connectivity index (χ0n) is 12.3.